The fraction of sp³-hybridized carbons (Fsp3) is 0.118. The third-order valence-electron chi connectivity index (χ3n) is 3.72. The monoisotopic (exact) mass is 346 g/mol. The van der Waals surface area contributed by atoms with Gasteiger partial charge in [0.05, 0.1) is 14.2 Å². The summed E-state index contributed by atoms with van der Waals surface area (Å²) >= 11 is 0. The molecule has 4 N–H and O–H groups in total. The number of hydrogen-bond donors (Lipinski definition) is 4. The number of phenolic OH excluding ortho intramolecular Hbond substituents is 3. The van der Waals surface area contributed by atoms with E-state index in [4.69, 9.17) is 13.9 Å². The van der Waals surface area contributed by atoms with Crippen LogP contribution < -0.4 is 14.9 Å². The summed E-state index contributed by atoms with van der Waals surface area (Å²) < 4.78 is 15.6. The summed E-state index contributed by atoms with van der Waals surface area (Å²) in [5.74, 6) is -2.29. The van der Waals surface area contributed by atoms with Gasteiger partial charge in [0.15, 0.2) is 28.8 Å². The van der Waals surface area contributed by atoms with Gasteiger partial charge < -0.3 is 34.3 Å². The molecular weight excluding hydrogens is 332 g/mol. The van der Waals surface area contributed by atoms with Gasteiger partial charge in [0.25, 0.3) is 0 Å². The molecule has 0 aliphatic rings. The van der Waals surface area contributed by atoms with Crippen LogP contribution in [-0.4, -0.2) is 34.6 Å². The molecule has 0 fully saturated rings. The predicted octanol–water partition coefficient (Wildman–Crippen LogP) is 2.30. The normalized spacial score (nSPS) is 10.8. The molecule has 0 aliphatic carbocycles. The Bertz CT molecular complexity index is 1040. The highest BCUT2D eigenvalue weighted by atomic mass is 16.5. The fourth-order valence-electron chi connectivity index (χ4n) is 2.49. The smallest absolute Gasteiger partial charge is 0.238 e. The highest BCUT2D eigenvalue weighted by Crippen LogP contribution is 2.44. The van der Waals surface area contributed by atoms with Crippen LogP contribution in [0.4, 0.5) is 0 Å². The first-order chi connectivity index (χ1) is 11.9. The molecule has 0 atom stereocenters. The number of rotatable bonds is 3. The second-order valence-electron chi connectivity index (χ2n) is 5.15. The molecule has 0 amide bonds. The Kier molecular flexibility index (Phi) is 3.80. The van der Waals surface area contributed by atoms with Crippen LogP contribution in [-0.2, 0) is 0 Å². The van der Waals surface area contributed by atoms with Crippen molar-refractivity contribution >= 4 is 11.0 Å². The van der Waals surface area contributed by atoms with E-state index in [1.807, 2.05) is 0 Å². The highest BCUT2D eigenvalue weighted by molar-refractivity contribution is 5.91. The van der Waals surface area contributed by atoms with Crippen LogP contribution in [0.15, 0.2) is 33.5 Å². The molecule has 3 aromatic rings. The van der Waals surface area contributed by atoms with Gasteiger partial charge in [-0.1, -0.05) is 0 Å². The molecule has 130 valence electrons. The first-order valence-electron chi connectivity index (χ1n) is 7.05. The van der Waals surface area contributed by atoms with Crippen molar-refractivity contribution in [2.45, 2.75) is 0 Å². The molecule has 3 rings (SSSR count). The van der Waals surface area contributed by atoms with Crippen molar-refractivity contribution in [2.24, 2.45) is 0 Å². The second kappa shape index (κ2) is 5.82. The van der Waals surface area contributed by atoms with Crippen LogP contribution >= 0.6 is 0 Å². The molecule has 1 heterocycles. The van der Waals surface area contributed by atoms with Gasteiger partial charge in [-0.2, -0.15) is 0 Å². The van der Waals surface area contributed by atoms with Crippen molar-refractivity contribution in [3.63, 3.8) is 0 Å². The maximum Gasteiger partial charge on any atom is 0.238 e. The Balaban J connectivity index is 2.38. The predicted molar refractivity (Wildman–Crippen MR) is 87.7 cm³/mol. The summed E-state index contributed by atoms with van der Waals surface area (Å²) in [6.07, 6.45) is 0. The summed E-state index contributed by atoms with van der Waals surface area (Å²) in [5.41, 5.74) is -0.788. The van der Waals surface area contributed by atoms with E-state index in [0.717, 1.165) is 6.07 Å². The number of ether oxygens (including phenoxy) is 2. The summed E-state index contributed by atoms with van der Waals surface area (Å²) in [4.78, 5) is 12.5. The zero-order valence-corrected chi connectivity index (χ0v) is 13.2. The van der Waals surface area contributed by atoms with Gasteiger partial charge in [-0.05, 0) is 18.2 Å². The Morgan fingerprint density at radius 1 is 0.920 bits per heavy atom. The largest absolute Gasteiger partial charge is 0.504 e. The van der Waals surface area contributed by atoms with E-state index in [9.17, 15) is 25.2 Å². The molecule has 0 bridgehead atoms. The van der Waals surface area contributed by atoms with Crippen molar-refractivity contribution < 1.29 is 34.3 Å². The van der Waals surface area contributed by atoms with Crippen LogP contribution in [0.5, 0.6) is 34.5 Å². The van der Waals surface area contributed by atoms with Gasteiger partial charge in [-0.15, -0.1) is 0 Å². The van der Waals surface area contributed by atoms with Crippen LogP contribution in [0.25, 0.3) is 22.3 Å². The lowest BCUT2D eigenvalue weighted by Crippen LogP contribution is -2.04. The van der Waals surface area contributed by atoms with Crippen LogP contribution in [0.3, 0.4) is 0 Å². The van der Waals surface area contributed by atoms with Gasteiger partial charge in [0.1, 0.15) is 11.0 Å². The molecular formula is C17H14O8. The second-order valence-corrected chi connectivity index (χ2v) is 5.15. The van der Waals surface area contributed by atoms with Crippen molar-refractivity contribution in [2.75, 3.05) is 14.2 Å². The molecule has 0 saturated carbocycles. The molecule has 25 heavy (non-hydrogen) atoms. The van der Waals surface area contributed by atoms with Crippen molar-refractivity contribution in [3.05, 3.63) is 34.5 Å². The van der Waals surface area contributed by atoms with Gasteiger partial charge in [0, 0.05) is 11.6 Å². The summed E-state index contributed by atoms with van der Waals surface area (Å²) in [5, 5.41) is 39.2. The number of methoxy groups -OCH3 is 2. The molecule has 0 spiro atoms. The molecule has 0 unspecified atom stereocenters. The number of phenols is 3. The minimum absolute atomic E-state index is 0.0551. The van der Waals surface area contributed by atoms with Crippen LogP contribution in [0.1, 0.15) is 0 Å². The zero-order chi connectivity index (χ0) is 18.3. The van der Waals surface area contributed by atoms with Crippen molar-refractivity contribution in [3.8, 4) is 45.8 Å². The standard InChI is InChI=1S/C17H14O8/c1-23-11-6-10-12(14(21)17(11)24-2)13(20)15(22)16(25-10)7-3-4-8(18)9(19)5-7/h3-6,18-19,21-22H,1-2H3. The quantitative estimate of drug-likeness (QED) is 0.532. The SMILES string of the molecule is COc1cc2oc(-c3ccc(O)c(O)c3)c(O)c(=O)c2c(O)c1OC. The highest BCUT2D eigenvalue weighted by Gasteiger charge is 2.23. The third-order valence-corrected chi connectivity index (χ3v) is 3.72. The molecule has 0 radical (unpaired) electrons. The zero-order valence-electron chi connectivity index (χ0n) is 13.2. The van der Waals surface area contributed by atoms with E-state index in [1.165, 1.54) is 32.4 Å². The van der Waals surface area contributed by atoms with E-state index in [2.05, 4.69) is 0 Å². The summed E-state index contributed by atoms with van der Waals surface area (Å²) in [6.45, 7) is 0. The number of fused-ring (bicyclic) bond motifs is 1. The number of aromatic hydroxyl groups is 4. The Morgan fingerprint density at radius 2 is 1.64 bits per heavy atom. The van der Waals surface area contributed by atoms with Gasteiger partial charge in [-0.3, -0.25) is 4.79 Å². The fourth-order valence-corrected chi connectivity index (χ4v) is 2.49. The molecule has 0 saturated heterocycles. The number of benzene rings is 2. The van der Waals surface area contributed by atoms with Gasteiger partial charge in [-0.25, -0.2) is 0 Å². The molecule has 2 aromatic carbocycles. The van der Waals surface area contributed by atoms with Gasteiger partial charge in [0.2, 0.25) is 16.9 Å². The molecule has 8 nitrogen and oxygen atoms in total. The summed E-state index contributed by atoms with van der Waals surface area (Å²) in [7, 11) is 2.64. The van der Waals surface area contributed by atoms with E-state index >= 15 is 0 Å². The lowest BCUT2D eigenvalue weighted by molar-refractivity contribution is 0.334. The molecule has 1 aromatic heterocycles. The lowest BCUT2D eigenvalue weighted by Gasteiger charge is -2.12. The van der Waals surface area contributed by atoms with E-state index in [-0.39, 0.29) is 39.5 Å². The minimum Gasteiger partial charge on any atom is -0.504 e. The Hall–Kier alpha value is -3.55. The first kappa shape index (κ1) is 16.3. The van der Waals surface area contributed by atoms with Crippen molar-refractivity contribution in [1.29, 1.82) is 0 Å². The minimum atomic E-state index is -0.887. The Labute approximate surface area is 140 Å². The average Bonchev–Trinajstić information content (AvgIpc) is 2.59. The lowest BCUT2D eigenvalue weighted by atomic mass is 10.1. The molecule has 0 aliphatic heterocycles. The molecule has 8 heteroatoms. The van der Waals surface area contributed by atoms with E-state index in [0.29, 0.717) is 0 Å². The average molecular weight is 346 g/mol. The first-order valence-corrected chi connectivity index (χ1v) is 7.05. The maximum absolute atomic E-state index is 12.5. The van der Waals surface area contributed by atoms with E-state index in [1.54, 1.807) is 0 Å². The maximum atomic E-state index is 12.5. The van der Waals surface area contributed by atoms with Gasteiger partial charge >= 0.3 is 0 Å². The Morgan fingerprint density at radius 3 is 2.24 bits per heavy atom. The van der Waals surface area contributed by atoms with E-state index < -0.39 is 22.7 Å². The van der Waals surface area contributed by atoms with Crippen LogP contribution in [0, 0.1) is 0 Å². The summed E-state index contributed by atoms with van der Waals surface area (Å²) in [6, 6.07) is 4.98. The number of hydrogen-bond acceptors (Lipinski definition) is 8. The van der Waals surface area contributed by atoms with Crippen LogP contribution in [0.2, 0.25) is 0 Å². The topological polar surface area (TPSA) is 130 Å². The van der Waals surface area contributed by atoms with Crippen molar-refractivity contribution in [1.82, 2.24) is 0 Å². The third kappa shape index (κ3) is 2.44.